The molecule has 0 aliphatic carbocycles. The summed E-state index contributed by atoms with van der Waals surface area (Å²) >= 11 is 0. The van der Waals surface area contributed by atoms with Gasteiger partial charge in [-0.3, -0.25) is 15.0 Å². The Morgan fingerprint density at radius 1 is 1.31 bits per heavy atom. The summed E-state index contributed by atoms with van der Waals surface area (Å²) < 4.78 is 32.0. The van der Waals surface area contributed by atoms with Crippen LogP contribution in [0, 0.1) is 17.0 Å². The number of ether oxygens (including phenoxy) is 1. The number of aryl methyl sites for hydroxylation is 1. The van der Waals surface area contributed by atoms with E-state index in [9.17, 15) is 23.3 Å². The van der Waals surface area contributed by atoms with E-state index in [-0.39, 0.29) is 23.2 Å². The van der Waals surface area contributed by atoms with Gasteiger partial charge in [-0.1, -0.05) is 6.07 Å². The molecule has 1 fully saturated rings. The first kappa shape index (κ1) is 20.1. The van der Waals surface area contributed by atoms with E-state index >= 15 is 0 Å². The molecule has 0 bridgehead atoms. The first-order chi connectivity index (χ1) is 12.2. The van der Waals surface area contributed by atoms with Crippen LogP contribution < -0.4 is 4.72 Å². The third-order valence-electron chi connectivity index (χ3n) is 4.20. The molecule has 1 heterocycles. The normalized spacial score (nSPS) is 15.7. The van der Waals surface area contributed by atoms with Gasteiger partial charge in [0.25, 0.3) is 5.69 Å². The monoisotopic (exact) mass is 386 g/mol. The molecule has 1 aromatic carbocycles. The molecule has 0 atom stereocenters. The fourth-order valence-electron chi connectivity index (χ4n) is 2.69. The van der Waals surface area contributed by atoms with Crippen LogP contribution in [0.2, 0.25) is 0 Å². The molecule has 0 saturated carbocycles. The number of nitro benzene ring substituents is 1. The molecule has 10 nitrogen and oxygen atoms in total. The van der Waals surface area contributed by atoms with Crippen LogP contribution in [0.5, 0.6) is 0 Å². The van der Waals surface area contributed by atoms with Crippen molar-refractivity contribution in [1.29, 1.82) is 0 Å². The lowest BCUT2D eigenvalue weighted by atomic mass is 10.2. The number of carbonyl (C=O) groups excluding carboxylic acids is 1. The smallest absolute Gasteiger partial charge is 0.409 e. The van der Waals surface area contributed by atoms with Gasteiger partial charge in [-0.15, -0.1) is 0 Å². The van der Waals surface area contributed by atoms with Crippen molar-refractivity contribution < 1.29 is 22.9 Å². The Morgan fingerprint density at radius 3 is 2.54 bits per heavy atom. The summed E-state index contributed by atoms with van der Waals surface area (Å²) in [4.78, 5) is 25.2. The van der Waals surface area contributed by atoms with E-state index in [1.165, 1.54) is 19.2 Å². The summed E-state index contributed by atoms with van der Waals surface area (Å²) in [5.41, 5.74) is 0.171. The first-order valence-electron chi connectivity index (χ1n) is 8.04. The van der Waals surface area contributed by atoms with Gasteiger partial charge < -0.3 is 9.64 Å². The van der Waals surface area contributed by atoms with Crippen molar-refractivity contribution in [2.75, 3.05) is 46.4 Å². The summed E-state index contributed by atoms with van der Waals surface area (Å²) in [5.74, 6) is 0. The predicted molar refractivity (Wildman–Crippen MR) is 93.4 cm³/mol. The predicted octanol–water partition coefficient (Wildman–Crippen LogP) is 0.566. The van der Waals surface area contributed by atoms with Crippen LogP contribution in [0.4, 0.5) is 10.5 Å². The van der Waals surface area contributed by atoms with Gasteiger partial charge in [-0.05, 0) is 12.5 Å². The van der Waals surface area contributed by atoms with Crippen LogP contribution in [-0.2, 0) is 14.8 Å². The zero-order chi connectivity index (χ0) is 19.3. The number of carbonyl (C=O) groups is 1. The van der Waals surface area contributed by atoms with Gasteiger partial charge >= 0.3 is 6.09 Å². The molecule has 0 spiro atoms. The third kappa shape index (κ3) is 4.90. The minimum Gasteiger partial charge on any atom is -0.453 e. The summed E-state index contributed by atoms with van der Waals surface area (Å²) in [7, 11) is -2.51. The average Bonchev–Trinajstić information content (AvgIpc) is 2.61. The highest BCUT2D eigenvalue weighted by molar-refractivity contribution is 7.89. The van der Waals surface area contributed by atoms with Crippen molar-refractivity contribution in [1.82, 2.24) is 14.5 Å². The Morgan fingerprint density at radius 2 is 1.96 bits per heavy atom. The zero-order valence-corrected chi connectivity index (χ0v) is 15.5. The summed E-state index contributed by atoms with van der Waals surface area (Å²) in [6, 6.07) is 3.75. The molecule has 144 valence electrons. The summed E-state index contributed by atoms with van der Waals surface area (Å²) in [6.07, 6.45) is -0.369. The molecule has 1 aliphatic rings. The number of piperazine rings is 1. The van der Waals surface area contributed by atoms with E-state index in [4.69, 9.17) is 0 Å². The Hall–Kier alpha value is -2.24. The number of non-ortho nitro benzene ring substituents is 1. The van der Waals surface area contributed by atoms with Crippen molar-refractivity contribution in [3.05, 3.63) is 33.9 Å². The van der Waals surface area contributed by atoms with Crippen molar-refractivity contribution in [3.63, 3.8) is 0 Å². The second kappa shape index (κ2) is 8.43. The van der Waals surface area contributed by atoms with Gasteiger partial charge in [0.2, 0.25) is 10.0 Å². The van der Waals surface area contributed by atoms with Crippen molar-refractivity contribution in [3.8, 4) is 0 Å². The topological polar surface area (TPSA) is 122 Å². The number of nitrogens with zero attached hydrogens (tertiary/aromatic N) is 3. The lowest BCUT2D eigenvalue weighted by molar-refractivity contribution is -0.385. The van der Waals surface area contributed by atoms with Gasteiger partial charge in [-0.25, -0.2) is 17.9 Å². The zero-order valence-electron chi connectivity index (χ0n) is 14.7. The number of rotatable bonds is 6. The Balaban J connectivity index is 1.91. The largest absolute Gasteiger partial charge is 0.453 e. The maximum absolute atomic E-state index is 12.4. The van der Waals surface area contributed by atoms with Crippen LogP contribution >= 0.6 is 0 Å². The number of amides is 1. The lowest BCUT2D eigenvalue weighted by Crippen LogP contribution is -2.50. The fourth-order valence-corrected chi connectivity index (χ4v) is 3.97. The van der Waals surface area contributed by atoms with Gasteiger partial charge in [0, 0.05) is 51.4 Å². The molecule has 0 unspecified atom stereocenters. The molecule has 1 aliphatic heterocycles. The molecular weight excluding hydrogens is 364 g/mol. The Kier molecular flexibility index (Phi) is 6.51. The number of benzene rings is 1. The molecular formula is C15H22N4O6S. The molecule has 1 N–H and O–H groups in total. The molecule has 2 rings (SSSR count). The highest BCUT2D eigenvalue weighted by Crippen LogP contribution is 2.21. The van der Waals surface area contributed by atoms with Gasteiger partial charge in [0.05, 0.1) is 16.9 Å². The molecule has 1 saturated heterocycles. The molecule has 11 heteroatoms. The van der Waals surface area contributed by atoms with E-state index < -0.39 is 14.9 Å². The van der Waals surface area contributed by atoms with Crippen LogP contribution in [0.15, 0.2) is 23.1 Å². The van der Waals surface area contributed by atoms with E-state index in [0.29, 0.717) is 38.3 Å². The number of sulfonamides is 1. The van der Waals surface area contributed by atoms with Crippen LogP contribution in [0.1, 0.15) is 5.56 Å². The Bertz CT molecular complexity index is 774. The second-order valence-electron chi connectivity index (χ2n) is 5.90. The van der Waals surface area contributed by atoms with Crippen LogP contribution in [-0.4, -0.2) is 75.6 Å². The lowest BCUT2D eigenvalue weighted by Gasteiger charge is -2.33. The van der Waals surface area contributed by atoms with Gasteiger partial charge in [0.1, 0.15) is 0 Å². The molecule has 26 heavy (non-hydrogen) atoms. The quantitative estimate of drug-likeness (QED) is 0.560. The SMILES string of the molecule is COC(=O)N1CCN(CCNS(=O)(=O)c2cc([N+](=O)[O-])ccc2C)CC1. The molecule has 1 aromatic rings. The summed E-state index contributed by atoms with van der Waals surface area (Å²) in [6.45, 7) is 4.50. The minimum absolute atomic E-state index is 0.0952. The van der Waals surface area contributed by atoms with Gasteiger partial charge in [-0.2, -0.15) is 0 Å². The molecule has 0 aromatic heterocycles. The van der Waals surface area contributed by atoms with Gasteiger partial charge in [0.15, 0.2) is 0 Å². The maximum atomic E-state index is 12.4. The maximum Gasteiger partial charge on any atom is 0.409 e. The van der Waals surface area contributed by atoms with Crippen LogP contribution in [0.3, 0.4) is 0 Å². The number of nitro groups is 1. The second-order valence-corrected chi connectivity index (χ2v) is 7.64. The van der Waals surface area contributed by atoms with Crippen molar-refractivity contribution in [2.24, 2.45) is 0 Å². The standard InChI is InChI=1S/C15H22N4O6S/c1-12-3-4-13(19(21)22)11-14(12)26(23,24)16-5-6-17-7-9-18(10-8-17)15(20)25-2/h3-4,11,16H,5-10H2,1-2H3. The summed E-state index contributed by atoms with van der Waals surface area (Å²) in [5, 5.41) is 10.9. The highest BCUT2D eigenvalue weighted by atomic mass is 32.2. The molecule has 1 amide bonds. The first-order valence-corrected chi connectivity index (χ1v) is 9.53. The number of nitrogens with one attached hydrogen (secondary N) is 1. The number of methoxy groups -OCH3 is 1. The highest BCUT2D eigenvalue weighted by Gasteiger charge is 2.23. The fraction of sp³-hybridized carbons (Fsp3) is 0.533. The van der Waals surface area contributed by atoms with E-state index in [0.717, 1.165) is 6.07 Å². The Labute approximate surface area is 151 Å². The average molecular weight is 386 g/mol. The number of hydrogen-bond acceptors (Lipinski definition) is 7. The van der Waals surface area contributed by atoms with Crippen LogP contribution in [0.25, 0.3) is 0 Å². The van der Waals surface area contributed by atoms with Crippen molar-refractivity contribution in [2.45, 2.75) is 11.8 Å². The number of hydrogen-bond donors (Lipinski definition) is 1. The third-order valence-corrected chi connectivity index (χ3v) is 5.80. The van der Waals surface area contributed by atoms with E-state index in [1.54, 1.807) is 11.8 Å². The van der Waals surface area contributed by atoms with Crippen molar-refractivity contribution >= 4 is 21.8 Å². The van der Waals surface area contributed by atoms with E-state index in [2.05, 4.69) is 9.46 Å². The van der Waals surface area contributed by atoms with E-state index in [1.807, 2.05) is 4.90 Å². The minimum atomic E-state index is -3.84. The molecule has 0 radical (unpaired) electrons.